The molecular formula is C12H16N2O3S. The Labute approximate surface area is 109 Å². The molecule has 1 fully saturated rings. The second-order valence-corrected chi connectivity index (χ2v) is 5.96. The molecule has 0 atom stereocenters. The van der Waals surface area contributed by atoms with Crippen molar-refractivity contribution in [2.45, 2.75) is 33.1 Å². The normalized spacial score (nSPS) is 14.8. The van der Waals surface area contributed by atoms with E-state index in [4.69, 9.17) is 5.11 Å². The molecule has 5 nitrogen and oxygen atoms in total. The van der Waals surface area contributed by atoms with E-state index in [0.717, 1.165) is 24.2 Å². The summed E-state index contributed by atoms with van der Waals surface area (Å²) in [5.41, 5.74) is 0.564. The summed E-state index contributed by atoms with van der Waals surface area (Å²) in [6, 6.07) is 0. The lowest BCUT2D eigenvalue weighted by Gasteiger charge is -2.01. The van der Waals surface area contributed by atoms with Crippen molar-refractivity contribution in [1.29, 1.82) is 0 Å². The van der Waals surface area contributed by atoms with Gasteiger partial charge in [0, 0.05) is 5.92 Å². The molecular weight excluding hydrogens is 252 g/mol. The van der Waals surface area contributed by atoms with Gasteiger partial charge in [0.05, 0.1) is 5.69 Å². The van der Waals surface area contributed by atoms with Gasteiger partial charge in [0.25, 0.3) is 0 Å². The van der Waals surface area contributed by atoms with Crippen molar-refractivity contribution >= 4 is 28.3 Å². The quantitative estimate of drug-likeness (QED) is 0.859. The number of aromatic nitrogens is 1. The Kier molecular flexibility index (Phi) is 3.65. The van der Waals surface area contributed by atoms with Crippen LogP contribution in [-0.2, 0) is 11.2 Å². The van der Waals surface area contributed by atoms with E-state index in [1.807, 2.05) is 13.8 Å². The van der Waals surface area contributed by atoms with E-state index in [-0.39, 0.29) is 16.7 Å². The lowest BCUT2D eigenvalue weighted by atomic mass is 10.1. The Bertz CT molecular complexity index is 478. The van der Waals surface area contributed by atoms with Gasteiger partial charge in [0.1, 0.15) is 4.88 Å². The molecule has 1 aliphatic rings. The van der Waals surface area contributed by atoms with Crippen molar-refractivity contribution < 1.29 is 14.7 Å². The van der Waals surface area contributed by atoms with Crippen LogP contribution in [0.5, 0.6) is 0 Å². The van der Waals surface area contributed by atoms with Crippen molar-refractivity contribution in [2.75, 3.05) is 5.32 Å². The van der Waals surface area contributed by atoms with Gasteiger partial charge < -0.3 is 10.4 Å². The van der Waals surface area contributed by atoms with Crippen LogP contribution >= 0.6 is 11.3 Å². The number of hydrogen-bond donors (Lipinski definition) is 2. The molecule has 1 aromatic rings. The van der Waals surface area contributed by atoms with Crippen LogP contribution in [0.1, 0.15) is 42.1 Å². The molecule has 1 aromatic heterocycles. The molecule has 18 heavy (non-hydrogen) atoms. The van der Waals surface area contributed by atoms with E-state index < -0.39 is 5.97 Å². The highest BCUT2D eigenvalue weighted by atomic mass is 32.1. The topological polar surface area (TPSA) is 79.3 Å². The molecule has 0 aliphatic heterocycles. The molecule has 2 N–H and O–H groups in total. The summed E-state index contributed by atoms with van der Waals surface area (Å²) in [7, 11) is 0. The highest BCUT2D eigenvalue weighted by Gasteiger charge is 2.30. The maximum absolute atomic E-state index is 11.6. The number of nitrogens with one attached hydrogen (secondary N) is 1. The third kappa shape index (κ3) is 3.07. The Hall–Kier alpha value is -1.43. The SMILES string of the molecule is CC(C)Cc1nc(NC(=O)C2CC2)sc1C(=O)O. The maximum Gasteiger partial charge on any atom is 0.347 e. The van der Waals surface area contributed by atoms with Crippen molar-refractivity contribution in [3.63, 3.8) is 0 Å². The van der Waals surface area contributed by atoms with Gasteiger partial charge in [-0.2, -0.15) is 0 Å². The molecule has 2 rings (SSSR count). The molecule has 0 radical (unpaired) electrons. The number of amides is 1. The maximum atomic E-state index is 11.6. The summed E-state index contributed by atoms with van der Waals surface area (Å²) in [5, 5.41) is 12.2. The van der Waals surface area contributed by atoms with Gasteiger partial charge in [-0.1, -0.05) is 25.2 Å². The summed E-state index contributed by atoms with van der Waals surface area (Å²) in [5.74, 6) is -0.597. The summed E-state index contributed by atoms with van der Waals surface area (Å²) in [4.78, 5) is 27.2. The smallest absolute Gasteiger partial charge is 0.347 e. The van der Waals surface area contributed by atoms with E-state index in [1.54, 1.807) is 0 Å². The standard InChI is InChI=1S/C12H16N2O3S/c1-6(2)5-8-9(11(16)17)18-12(13-8)14-10(15)7-3-4-7/h6-7H,3-5H2,1-2H3,(H,16,17)(H,13,14,15). The lowest BCUT2D eigenvalue weighted by molar-refractivity contribution is -0.117. The first-order valence-corrected chi connectivity index (χ1v) is 6.83. The Morgan fingerprint density at radius 3 is 2.67 bits per heavy atom. The van der Waals surface area contributed by atoms with Crippen LogP contribution in [0, 0.1) is 11.8 Å². The lowest BCUT2D eigenvalue weighted by Crippen LogP contribution is -2.13. The van der Waals surface area contributed by atoms with E-state index in [1.165, 1.54) is 0 Å². The van der Waals surface area contributed by atoms with Crippen LogP contribution in [0.2, 0.25) is 0 Å². The first-order valence-electron chi connectivity index (χ1n) is 6.01. The molecule has 98 valence electrons. The first kappa shape index (κ1) is 13.0. The van der Waals surface area contributed by atoms with Gasteiger partial charge >= 0.3 is 5.97 Å². The van der Waals surface area contributed by atoms with Gasteiger partial charge in [-0.15, -0.1) is 0 Å². The van der Waals surface area contributed by atoms with Crippen LogP contribution in [0.25, 0.3) is 0 Å². The van der Waals surface area contributed by atoms with Crippen LogP contribution in [0.4, 0.5) is 5.13 Å². The number of thiazole rings is 1. The fraction of sp³-hybridized carbons (Fsp3) is 0.583. The van der Waals surface area contributed by atoms with Crippen molar-refractivity contribution in [1.82, 2.24) is 4.98 Å². The number of carbonyl (C=O) groups is 2. The Morgan fingerprint density at radius 2 is 2.17 bits per heavy atom. The second-order valence-electron chi connectivity index (χ2n) is 4.96. The summed E-state index contributed by atoms with van der Waals surface area (Å²) in [6.45, 7) is 4.01. The molecule has 1 aliphatic carbocycles. The van der Waals surface area contributed by atoms with Crippen LogP contribution in [-0.4, -0.2) is 22.0 Å². The molecule has 1 saturated carbocycles. The first-order chi connectivity index (χ1) is 8.47. The molecule has 0 aromatic carbocycles. The zero-order valence-corrected chi connectivity index (χ0v) is 11.2. The third-order valence-corrected chi connectivity index (χ3v) is 3.67. The fourth-order valence-electron chi connectivity index (χ4n) is 1.65. The van der Waals surface area contributed by atoms with Gasteiger partial charge in [-0.3, -0.25) is 4.79 Å². The molecule has 1 heterocycles. The molecule has 6 heteroatoms. The number of nitrogens with zero attached hydrogens (tertiary/aromatic N) is 1. The van der Waals surface area contributed by atoms with Crippen molar-refractivity contribution in [3.05, 3.63) is 10.6 Å². The number of anilines is 1. The zero-order valence-electron chi connectivity index (χ0n) is 10.4. The summed E-state index contributed by atoms with van der Waals surface area (Å²) in [6.07, 6.45) is 2.45. The van der Waals surface area contributed by atoms with Gasteiger partial charge in [-0.25, -0.2) is 9.78 Å². The number of hydrogen-bond acceptors (Lipinski definition) is 4. The van der Waals surface area contributed by atoms with Crippen molar-refractivity contribution in [3.8, 4) is 0 Å². The van der Waals surface area contributed by atoms with Crippen LogP contribution < -0.4 is 5.32 Å². The van der Waals surface area contributed by atoms with Gasteiger partial charge in [0.15, 0.2) is 5.13 Å². The molecule has 1 amide bonds. The molecule has 0 unspecified atom stereocenters. The molecule has 0 spiro atoms. The van der Waals surface area contributed by atoms with E-state index in [9.17, 15) is 9.59 Å². The average molecular weight is 268 g/mol. The van der Waals surface area contributed by atoms with E-state index in [2.05, 4.69) is 10.3 Å². The predicted octanol–water partition coefficient (Wildman–Crippen LogP) is 2.39. The Balaban J connectivity index is 2.15. The second kappa shape index (κ2) is 5.06. The zero-order chi connectivity index (χ0) is 13.3. The third-order valence-electron chi connectivity index (χ3n) is 2.67. The van der Waals surface area contributed by atoms with E-state index in [0.29, 0.717) is 23.2 Å². The predicted molar refractivity (Wildman–Crippen MR) is 69.0 cm³/mol. The Morgan fingerprint density at radius 1 is 1.50 bits per heavy atom. The average Bonchev–Trinajstić information content (AvgIpc) is 3.02. The minimum Gasteiger partial charge on any atom is -0.477 e. The van der Waals surface area contributed by atoms with Crippen molar-refractivity contribution in [2.24, 2.45) is 11.8 Å². The largest absolute Gasteiger partial charge is 0.477 e. The van der Waals surface area contributed by atoms with Crippen LogP contribution in [0.3, 0.4) is 0 Å². The van der Waals surface area contributed by atoms with Crippen LogP contribution in [0.15, 0.2) is 0 Å². The fourth-order valence-corrected chi connectivity index (χ4v) is 2.49. The number of rotatable bonds is 5. The number of aromatic carboxylic acids is 1. The minimum absolute atomic E-state index is 0.0446. The number of carboxylic acids is 1. The summed E-state index contributed by atoms with van der Waals surface area (Å²) < 4.78 is 0. The molecule has 0 saturated heterocycles. The number of carbonyl (C=O) groups excluding carboxylic acids is 1. The monoisotopic (exact) mass is 268 g/mol. The number of carboxylic acid groups (broad SMARTS) is 1. The highest BCUT2D eigenvalue weighted by Crippen LogP contribution is 2.32. The minimum atomic E-state index is -0.977. The molecule has 0 bridgehead atoms. The van der Waals surface area contributed by atoms with E-state index >= 15 is 0 Å². The highest BCUT2D eigenvalue weighted by molar-refractivity contribution is 7.17. The van der Waals surface area contributed by atoms with Gasteiger partial charge in [0.2, 0.25) is 5.91 Å². The summed E-state index contributed by atoms with van der Waals surface area (Å²) >= 11 is 1.04. The van der Waals surface area contributed by atoms with Gasteiger partial charge in [-0.05, 0) is 25.2 Å².